The van der Waals surface area contributed by atoms with Crippen molar-refractivity contribution in [2.75, 3.05) is 6.54 Å². The van der Waals surface area contributed by atoms with Crippen molar-refractivity contribution in [3.63, 3.8) is 0 Å². The molecular formula is C15H21N3O2S. The molecule has 1 atom stereocenters. The van der Waals surface area contributed by atoms with Crippen molar-refractivity contribution < 1.29 is 9.59 Å². The van der Waals surface area contributed by atoms with E-state index in [9.17, 15) is 9.59 Å². The minimum atomic E-state index is -0.816. The Hall–Kier alpha value is -1.95. The Labute approximate surface area is 130 Å². The molecule has 0 bridgehead atoms. The summed E-state index contributed by atoms with van der Waals surface area (Å²) in [5, 5.41) is 2.70. The first-order valence-electron chi connectivity index (χ1n) is 6.65. The molecule has 2 amide bonds. The predicted molar refractivity (Wildman–Crippen MR) is 86.4 cm³/mol. The summed E-state index contributed by atoms with van der Waals surface area (Å²) in [4.78, 5) is 23.6. The maximum Gasteiger partial charge on any atom is 0.230 e. The fraction of sp³-hybridized carbons (Fsp3) is 0.400. The maximum atomic E-state index is 12.2. The highest BCUT2D eigenvalue weighted by Crippen LogP contribution is 2.14. The second-order valence-electron chi connectivity index (χ2n) is 5.61. The molecule has 0 heterocycles. The lowest BCUT2D eigenvalue weighted by Gasteiger charge is -2.23. The van der Waals surface area contributed by atoms with Gasteiger partial charge < -0.3 is 16.8 Å². The number of thiocarbonyl (C=S) groups is 1. The van der Waals surface area contributed by atoms with Crippen molar-refractivity contribution in [3.8, 4) is 0 Å². The Morgan fingerprint density at radius 2 is 1.81 bits per heavy atom. The summed E-state index contributed by atoms with van der Waals surface area (Å²) in [7, 11) is 0. The minimum Gasteiger partial charge on any atom is -0.393 e. The lowest BCUT2D eigenvalue weighted by atomic mass is 9.92. The molecule has 0 radical (unpaired) electrons. The van der Waals surface area contributed by atoms with Crippen LogP contribution in [0.5, 0.6) is 0 Å². The van der Waals surface area contributed by atoms with Gasteiger partial charge in [0.15, 0.2) is 0 Å². The quantitative estimate of drug-likeness (QED) is 0.648. The summed E-state index contributed by atoms with van der Waals surface area (Å²) in [6.45, 7) is 3.49. The van der Waals surface area contributed by atoms with E-state index in [1.54, 1.807) is 13.8 Å². The fourth-order valence-corrected chi connectivity index (χ4v) is 1.88. The standard InChI is InChI=1S/C15H21N3O2S/c1-15(2,14(17)20)9-18-13(19)11(12(16)21)8-10-6-4-3-5-7-10/h3-7,11H,8-9H2,1-2H3,(H2,16,21)(H2,17,20)(H,18,19). The van der Waals surface area contributed by atoms with Gasteiger partial charge in [-0.15, -0.1) is 0 Å². The SMILES string of the molecule is CC(C)(CNC(=O)C(Cc1ccccc1)C(N)=S)C(N)=O. The molecule has 0 aliphatic heterocycles. The van der Waals surface area contributed by atoms with E-state index in [4.69, 9.17) is 23.7 Å². The third kappa shape index (κ3) is 5.15. The van der Waals surface area contributed by atoms with Crippen LogP contribution in [0.15, 0.2) is 30.3 Å². The van der Waals surface area contributed by atoms with E-state index in [0.717, 1.165) is 5.56 Å². The van der Waals surface area contributed by atoms with Crippen LogP contribution < -0.4 is 16.8 Å². The number of hydrogen-bond acceptors (Lipinski definition) is 3. The number of nitrogens with one attached hydrogen (secondary N) is 1. The smallest absolute Gasteiger partial charge is 0.230 e. The first-order valence-corrected chi connectivity index (χ1v) is 7.05. The number of nitrogens with two attached hydrogens (primary N) is 2. The van der Waals surface area contributed by atoms with E-state index in [-0.39, 0.29) is 17.4 Å². The summed E-state index contributed by atoms with van der Waals surface area (Å²) < 4.78 is 0. The molecule has 0 aliphatic rings. The van der Waals surface area contributed by atoms with Crippen LogP contribution in [0.2, 0.25) is 0 Å². The minimum absolute atomic E-state index is 0.133. The molecule has 0 aromatic heterocycles. The zero-order valence-electron chi connectivity index (χ0n) is 12.3. The molecule has 1 unspecified atom stereocenters. The summed E-state index contributed by atoms with van der Waals surface area (Å²) in [6, 6.07) is 9.49. The van der Waals surface area contributed by atoms with Crippen LogP contribution in [0.3, 0.4) is 0 Å². The van der Waals surface area contributed by atoms with Gasteiger partial charge in [-0.1, -0.05) is 42.5 Å². The van der Waals surface area contributed by atoms with E-state index < -0.39 is 17.2 Å². The second-order valence-corrected chi connectivity index (χ2v) is 6.08. The number of benzene rings is 1. The van der Waals surface area contributed by atoms with Crippen LogP contribution >= 0.6 is 12.2 Å². The van der Waals surface area contributed by atoms with Gasteiger partial charge >= 0.3 is 0 Å². The summed E-state index contributed by atoms with van der Waals surface area (Å²) in [6.07, 6.45) is 0.430. The Bertz CT molecular complexity index is 529. The van der Waals surface area contributed by atoms with E-state index >= 15 is 0 Å². The van der Waals surface area contributed by atoms with Crippen LogP contribution in [-0.4, -0.2) is 23.3 Å². The zero-order chi connectivity index (χ0) is 16.0. The van der Waals surface area contributed by atoms with Crippen molar-refractivity contribution in [1.29, 1.82) is 0 Å². The molecule has 1 aromatic rings. The Morgan fingerprint density at radius 1 is 1.24 bits per heavy atom. The fourth-order valence-electron chi connectivity index (χ4n) is 1.69. The van der Waals surface area contributed by atoms with Crippen molar-refractivity contribution in [1.82, 2.24) is 5.32 Å². The first-order chi connectivity index (χ1) is 9.74. The van der Waals surface area contributed by atoms with Crippen molar-refractivity contribution in [3.05, 3.63) is 35.9 Å². The number of carbonyl (C=O) groups excluding carboxylic acids is 2. The molecule has 1 aromatic carbocycles. The van der Waals surface area contributed by atoms with Gasteiger partial charge in [0, 0.05) is 6.54 Å². The first kappa shape index (κ1) is 17.1. The Morgan fingerprint density at radius 3 is 2.29 bits per heavy atom. The number of amides is 2. The summed E-state index contributed by atoms with van der Waals surface area (Å²) in [5.41, 5.74) is 11.1. The predicted octanol–water partition coefficient (Wildman–Crippen LogP) is 0.759. The van der Waals surface area contributed by atoms with Crippen molar-refractivity contribution >= 4 is 29.0 Å². The van der Waals surface area contributed by atoms with Gasteiger partial charge in [-0.05, 0) is 25.8 Å². The molecule has 5 N–H and O–H groups in total. The lowest BCUT2D eigenvalue weighted by Crippen LogP contribution is -2.46. The molecular weight excluding hydrogens is 286 g/mol. The Balaban J connectivity index is 2.71. The van der Waals surface area contributed by atoms with Gasteiger partial charge in [0.05, 0.1) is 16.3 Å². The maximum absolute atomic E-state index is 12.2. The summed E-state index contributed by atoms with van der Waals surface area (Å²) in [5.74, 6) is -1.37. The van der Waals surface area contributed by atoms with Gasteiger partial charge in [0.2, 0.25) is 11.8 Å². The van der Waals surface area contributed by atoms with Crippen molar-refractivity contribution in [2.24, 2.45) is 22.8 Å². The van der Waals surface area contributed by atoms with Crippen LogP contribution in [0.1, 0.15) is 19.4 Å². The number of carbonyl (C=O) groups is 2. The van der Waals surface area contributed by atoms with E-state index in [2.05, 4.69) is 5.32 Å². The van der Waals surface area contributed by atoms with Crippen molar-refractivity contribution in [2.45, 2.75) is 20.3 Å². The third-order valence-corrected chi connectivity index (χ3v) is 3.60. The molecule has 114 valence electrons. The molecule has 1 rings (SSSR count). The normalized spacial score (nSPS) is 12.5. The molecule has 0 saturated carbocycles. The highest BCUT2D eigenvalue weighted by molar-refractivity contribution is 7.80. The molecule has 0 fully saturated rings. The molecule has 6 heteroatoms. The van der Waals surface area contributed by atoms with E-state index in [1.807, 2.05) is 30.3 Å². The second kappa shape index (κ2) is 7.17. The van der Waals surface area contributed by atoms with E-state index in [1.165, 1.54) is 0 Å². The third-order valence-electron chi connectivity index (χ3n) is 3.31. The van der Waals surface area contributed by atoms with Crippen LogP contribution in [0.25, 0.3) is 0 Å². The highest BCUT2D eigenvalue weighted by atomic mass is 32.1. The number of hydrogen-bond donors (Lipinski definition) is 3. The Kier molecular flexibility index (Phi) is 5.84. The van der Waals surface area contributed by atoms with Gasteiger partial charge in [-0.3, -0.25) is 9.59 Å². The van der Waals surface area contributed by atoms with Gasteiger partial charge in [0.25, 0.3) is 0 Å². The molecule has 21 heavy (non-hydrogen) atoms. The highest BCUT2D eigenvalue weighted by Gasteiger charge is 2.28. The van der Waals surface area contributed by atoms with Crippen LogP contribution in [0.4, 0.5) is 0 Å². The lowest BCUT2D eigenvalue weighted by molar-refractivity contribution is -0.127. The number of rotatable bonds is 7. The number of primary amides is 1. The molecule has 5 nitrogen and oxygen atoms in total. The zero-order valence-corrected chi connectivity index (χ0v) is 13.1. The summed E-state index contributed by atoms with van der Waals surface area (Å²) >= 11 is 4.98. The van der Waals surface area contributed by atoms with E-state index in [0.29, 0.717) is 6.42 Å². The van der Waals surface area contributed by atoms with Crippen LogP contribution in [0, 0.1) is 11.3 Å². The van der Waals surface area contributed by atoms with Gasteiger partial charge in [0.1, 0.15) is 0 Å². The average Bonchev–Trinajstić information content (AvgIpc) is 2.43. The molecule has 0 spiro atoms. The van der Waals surface area contributed by atoms with Crippen LogP contribution in [-0.2, 0) is 16.0 Å². The largest absolute Gasteiger partial charge is 0.393 e. The molecule has 0 saturated heterocycles. The molecule has 0 aliphatic carbocycles. The van der Waals surface area contributed by atoms with Gasteiger partial charge in [-0.25, -0.2) is 0 Å². The van der Waals surface area contributed by atoms with Gasteiger partial charge in [-0.2, -0.15) is 0 Å². The topological polar surface area (TPSA) is 98.2 Å². The average molecular weight is 307 g/mol. The monoisotopic (exact) mass is 307 g/mol.